The lowest BCUT2D eigenvalue weighted by Gasteiger charge is -2.27. The first-order valence-corrected chi connectivity index (χ1v) is 7.95. The Morgan fingerprint density at radius 1 is 1.28 bits per heavy atom. The summed E-state index contributed by atoms with van der Waals surface area (Å²) in [7, 11) is 1.69. The first-order valence-electron chi connectivity index (χ1n) is 7.95. The quantitative estimate of drug-likeness (QED) is 0.779. The Morgan fingerprint density at radius 2 is 1.96 bits per heavy atom. The van der Waals surface area contributed by atoms with Gasteiger partial charge in [-0.1, -0.05) is 6.07 Å². The van der Waals surface area contributed by atoms with E-state index in [4.69, 9.17) is 0 Å². The van der Waals surface area contributed by atoms with Crippen molar-refractivity contribution >= 4 is 29.4 Å². The maximum atomic E-state index is 12.2. The molecule has 5 amide bonds. The van der Waals surface area contributed by atoms with Crippen LogP contribution >= 0.6 is 0 Å². The van der Waals surface area contributed by atoms with Crippen molar-refractivity contribution in [3.05, 3.63) is 29.8 Å². The fraction of sp³-hybridized carbons (Fsp3) is 0.412. The Bertz CT molecular complexity index is 729. The number of carbonyl (C=O) groups excluding carboxylic acids is 4. The van der Waals surface area contributed by atoms with Crippen molar-refractivity contribution in [2.75, 3.05) is 25.5 Å². The molecule has 1 saturated heterocycles. The van der Waals surface area contributed by atoms with Crippen LogP contribution in [0.15, 0.2) is 24.3 Å². The molecule has 1 aromatic rings. The Morgan fingerprint density at radius 3 is 2.52 bits per heavy atom. The van der Waals surface area contributed by atoms with Crippen molar-refractivity contribution in [3.8, 4) is 0 Å². The molecule has 0 spiro atoms. The highest BCUT2D eigenvalue weighted by Gasteiger charge is 2.46. The van der Waals surface area contributed by atoms with Gasteiger partial charge in [0.2, 0.25) is 5.91 Å². The summed E-state index contributed by atoms with van der Waals surface area (Å²) in [5, 5.41) is 4.84. The molecular formula is C17H22N4O4. The molecule has 0 bridgehead atoms. The van der Waals surface area contributed by atoms with E-state index in [1.807, 2.05) is 6.92 Å². The van der Waals surface area contributed by atoms with E-state index >= 15 is 0 Å². The number of benzene rings is 1. The molecule has 8 nitrogen and oxygen atoms in total. The van der Waals surface area contributed by atoms with Crippen LogP contribution in [0, 0.1) is 0 Å². The number of anilines is 1. The summed E-state index contributed by atoms with van der Waals surface area (Å²) in [6.45, 7) is 5.31. The summed E-state index contributed by atoms with van der Waals surface area (Å²) in [5.74, 6) is -1.05. The second kappa shape index (κ2) is 6.92. The molecule has 0 saturated carbocycles. The molecule has 2 N–H and O–H groups in total. The van der Waals surface area contributed by atoms with Gasteiger partial charge in [-0.15, -0.1) is 0 Å². The van der Waals surface area contributed by atoms with E-state index in [0.717, 1.165) is 0 Å². The van der Waals surface area contributed by atoms with Crippen LogP contribution < -0.4 is 10.6 Å². The largest absolute Gasteiger partial charge is 0.342 e. The maximum Gasteiger partial charge on any atom is 0.325 e. The average Bonchev–Trinajstić information content (AvgIpc) is 2.75. The second-order valence-corrected chi connectivity index (χ2v) is 6.35. The number of amides is 5. The van der Waals surface area contributed by atoms with Crippen LogP contribution in [0.2, 0.25) is 0 Å². The van der Waals surface area contributed by atoms with Crippen LogP contribution in [-0.4, -0.2) is 59.2 Å². The highest BCUT2D eigenvalue weighted by molar-refractivity contribution is 6.08. The number of imide groups is 1. The van der Waals surface area contributed by atoms with Gasteiger partial charge in [-0.3, -0.25) is 19.7 Å². The monoisotopic (exact) mass is 346 g/mol. The van der Waals surface area contributed by atoms with Gasteiger partial charge < -0.3 is 15.1 Å². The first kappa shape index (κ1) is 18.4. The minimum atomic E-state index is -1.09. The third-order valence-electron chi connectivity index (χ3n) is 4.21. The zero-order chi connectivity index (χ0) is 18.8. The lowest BCUT2D eigenvalue weighted by atomic mass is 10.0. The summed E-state index contributed by atoms with van der Waals surface area (Å²) in [6, 6.07) is 5.97. The predicted molar refractivity (Wildman–Crippen MR) is 92.0 cm³/mol. The van der Waals surface area contributed by atoms with Gasteiger partial charge >= 0.3 is 6.03 Å². The normalized spacial score (nSPS) is 15.8. The van der Waals surface area contributed by atoms with Gasteiger partial charge in [-0.05, 0) is 39.0 Å². The van der Waals surface area contributed by atoms with Crippen LogP contribution in [0.3, 0.4) is 0 Å². The second-order valence-electron chi connectivity index (χ2n) is 6.35. The predicted octanol–water partition coefficient (Wildman–Crippen LogP) is 1.05. The van der Waals surface area contributed by atoms with E-state index < -0.39 is 23.4 Å². The minimum absolute atomic E-state index is 0.149. The van der Waals surface area contributed by atoms with Crippen molar-refractivity contribution in [1.29, 1.82) is 0 Å². The van der Waals surface area contributed by atoms with E-state index in [0.29, 0.717) is 17.8 Å². The molecule has 1 heterocycles. The molecule has 25 heavy (non-hydrogen) atoms. The number of nitrogens with one attached hydrogen (secondary N) is 2. The van der Waals surface area contributed by atoms with E-state index in [-0.39, 0.29) is 12.5 Å². The SMILES string of the molecule is CCN(C)C(=O)c1cccc(NC(=O)CN2C(=O)NC(=O)C2(C)C)c1. The van der Waals surface area contributed by atoms with E-state index in [1.165, 1.54) is 4.90 Å². The molecule has 0 aliphatic carbocycles. The van der Waals surface area contributed by atoms with Crippen molar-refractivity contribution in [2.45, 2.75) is 26.3 Å². The number of hydrogen-bond donors (Lipinski definition) is 2. The molecule has 2 rings (SSSR count). The minimum Gasteiger partial charge on any atom is -0.342 e. The van der Waals surface area contributed by atoms with E-state index in [9.17, 15) is 19.2 Å². The number of rotatable bonds is 5. The summed E-state index contributed by atoms with van der Waals surface area (Å²) in [6.07, 6.45) is 0. The highest BCUT2D eigenvalue weighted by atomic mass is 16.2. The summed E-state index contributed by atoms with van der Waals surface area (Å²) in [4.78, 5) is 50.7. The number of nitrogens with zero attached hydrogens (tertiary/aromatic N) is 2. The maximum absolute atomic E-state index is 12.2. The third-order valence-corrected chi connectivity index (χ3v) is 4.21. The topological polar surface area (TPSA) is 98.8 Å². The zero-order valence-electron chi connectivity index (χ0n) is 14.8. The lowest BCUT2D eigenvalue weighted by Crippen LogP contribution is -2.47. The van der Waals surface area contributed by atoms with Crippen LogP contribution in [0.4, 0.5) is 10.5 Å². The van der Waals surface area contributed by atoms with Crippen molar-refractivity contribution in [1.82, 2.24) is 15.1 Å². The van der Waals surface area contributed by atoms with Gasteiger partial charge in [0.15, 0.2) is 0 Å². The Labute approximate surface area is 146 Å². The van der Waals surface area contributed by atoms with Crippen LogP contribution in [-0.2, 0) is 9.59 Å². The van der Waals surface area contributed by atoms with Gasteiger partial charge in [0.1, 0.15) is 12.1 Å². The number of urea groups is 1. The third kappa shape index (κ3) is 3.78. The molecule has 134 valence electrons. The molecule has 0 aromatic heterocycles. The molecule has 0 radical (unpaired) electrons. The molecule has 1 aliphatic heterocycles. The molecule has 1 aliphatic rings. The Kier molecular flexibility index (Phi) is 5.10. The molecule has 8 heteroatoms. The van der Waals surface area contributed by atoms with Gasteiger partial charge in [0.25, 0.3) is 11.8 Å². The summed E-state index contributed by atoms with van der Waals surface area (Å²) >= 11 is 0. The van der Waals surface area contributed by atoms with E-state index in [1.54, 1.807) is 50.1 Å². The van der Waals surface area contributed by atoms with Crippen LogP contribution in [0.1, 0.15) is 31.1 Å². The fourth-order valence-electron chi connectivity index (χ4n) is 2.40. The summed E-state index contributed by atoms with van der Waals surface area (Å²) < 4.78 is 0. The standard InChI is InChI=1S/C17H22N4O4/c1-5-20(4)14(23)11-7-6-8-12(9-11)18-13(22)10-21-16(25)19-15(24)17(21,2)3/h6-9H,5,10H2,1-4H3,(H,18,22)(H,19,24,25). The molecule has 0 atom stereocenters. The van der Waals surface area contributed by atoms with Gasteiger partial charge in [-0.25, -0.2) is 4.79 Å². The Balaban J connectivity index is 2.08. The van der Waals surface area contributed by atoms with Crippen molar-refractivity contribution in [3.63, 3.8) is 0 Å². The van der Waals surface area contributed by atoms with Crippen LogP contribution in [0.5, 0.6) is 0 Å². The molecule has 1 fully saturated rings. The van der Waals surface area contributed by atoms with E-state index in [2.05, 4.69) is 10.6 Å². The summed E-state index contributed by atoms with van der Waals surface area (Å²) in [5.41, 5.74) is -0.184. The highest BCUT2D eigenvalue weighted by Crippen LogP contribution is 2.20. The number of carbonyl (C=O) groups is 4. The molecule has 0 unspecified atom stereocenters. The molecule has 1 aromatic carbocycles. The zero-order valence-corrected chi connectivity index (χ0v) is 14.8. The lowest BCUT2D eigenvalue weighted by molar-refractivity contribution is -0.126. The van der Waals surface area contributed by atoms with Gasteiger partial charge in [-0.2, -0.15) is 0 Å². The first-order chi connectivity index (χ1) is 11.7. The van der Waals surface area contributed by atoms with Crippen molar-refractivity contribution in [2.24, 2.45) is 0 Å². The fourth-order valence-corrected chi connectivity index (χ4v) is 2.40. The molecular weight excluding hydrogens is 324 g/mol. The van der Waals surface area contributed by atoms with Gasteiger partial charge in [0.05, 0.1) is 0 Å². The van der Waals surface area contributed by atoms with Crippen molar-refractivity contribution < 1.29 is 19.2 Å². The number of hydrogen-bond acceptors (Lipinski definition) is 4. The smallest absolute Gasteiger partial charge is 0.325 e. The van der Waals surface area contributed by atoms with Crippen LogP contribution in [0.25, 0.3) is 0 Å². The Hall–Kier alpha value is -2.90. The average molecular weight is 346 g/mol. The van der Waals surface area contributed by atoms with Gasteiger partial charge in [0, 0.05) is 24.8 Å².